The van der Waals surface area contributed by atoms with Crippen molar-refractivity contribution in [1.29, 1.82) is 0 Å². The fourth-order valence-electron chi connectivity index (χ4n) is 3.47. The van der Waals surface area contributed by atoms with E-state index in [1.54, 1.807) is 0 Å². The van der Waals surface area contributed by atoms with Crippen LogP contribution in [0.3, 0.4) is 0 Å². The minimum absolute atomic E-state index is 0.769. The summed E-state index contributed by atoms with van der Waals surface area (Å²) in [6.45, 7) is 11.7. The van der Waals surface area contributed by atoms with Crippen LogP contribution in [0.25, 0.3) is 0 Å². The minimum atomic E-state index is 0.769. The maximum Gasteiger partial charge on any atom is 0.193 e. The predicted molar refractivity (Wildman–Crippen MR) is 98.9 cm³/mol. The van der Waals surface area contributed by atoms with Gasteiger partial charge in [-0.1, -0.05) is 13.8 Å². The zero-order chi connectivity index (χ0) is 15.8. The maximum absolute atomic E-state index is 4.50. The smallest absolute Gasteiger partial charge is 0.193 e. The normalized spacial score (nSPS) is 25.5. The van der Waals surface area contributed by atoms with Crippen molar-refractivity contribution in [3.05, 3.63) is 0 Å². The summed E-state index contributed by atoms with van der Waals surface area (Å²) >= 11 is 2.11. The van der Waals surface area contributed by atoms with E-state index in [2.05, 4.69) is 45.7 Å². The third kappa shape index (κ3) is 5.34. The van der Waals surface area contributed by atoms with Crippen molar-refractivity contribution in [2.45, 2.75) is 44.8 Å². The number of thioether (sulfide) groups is 1. The lowest BCUT2D eigenvalue weighted by atomic mass is 9.93. The fraction of sp³-hybridized carbons (Fsp3) is 0.941. The van der Waals surface area contributed by atoms with Crippen LogP contribution < -0.4 is 5.32 Å². The van der Waals surface area contributed by atoms with Crippen molar-refractivity contribution in [3.8, 4) is 0 Å². The van der Waals surface area contributed by atoms with Crippen LogP contribution in [-0.2, 0) is 0 Å². The summed E-state index contributed by atoms with van der Waals surface area (Å²) in [6, 6.07) is 0. The molecule has 0 bridgehead atoms. The van der Waals surface area contributed by atoms with Crippen LogP contribution in [0.4, 0.5) is 0 Å². The Kier molecular flexibility index (Phi) is 7.87. The summed E-state index contributed by atoms with van der Waals surface area (Å²) in [5.41, 5.74) is 0. The third-order valence-corrected chi connectivity index (χ3v) is 6.47. The van der Waals surface area contributed by atoms with E-state index < -0.39 is 0 Å². The summed E-state index contributed by atoms with van der Waals surface area (Å²) in [4.78, 5) is 9.52. The molecule has 1 atom stereocenters. The monoisotopic (exact) mass is 326 g/mol. The number of piperidine rings is 1. The number of aliphatic imine (C=N–C) groups is 1. The average molecular weight is 327 g/mol. The highest BCUT2D eigenvalue weighted by molar-refractivity contribution is 8.00. The Bertz CT molecular complexity index is 340. The number of guanidine groups is 1. The lowest BCUT2D eigenvalue weighted by molar-refractivity contribution is 0.187. The van der Waals surface area contributed by atoms with Crippen molar-refractivity contribution < 1.29 is 0 Å². The molecule has 22 heavy (non-hydrogen) atoms. The van der Waals surface area contributed by atoms with E-state index in [1.165, 1.54) is 51.1 Å². The van der Waals surface area contributed by atoms with Gasteiger partial charge in [-0.25, -0.2) is 0 Å². The molecular weight excluding hydrogens is 292 g/mol. The number of hydrogen-bond acceptors (Lipinski definition) is 3. The van der Waals surface area contributed by atoms with Gasteiger partial charge in [0, 0.05) is 37.7 Å². The number of rotatable bonds is 5. The van der Waals surface area contributed by atoms with Crippen molar-refractivity contribution >= 4 is 17.7 Å². The van der Waals surface area contributed by atoms with E-state index in [9.17, 15) is 0 Å². The largest absolute Gasteiger partial charge is 0.356 e. The predicted octanol–water partition coefficient (Wildman–Crippen LogP) is 2.51. The second-order valence-corrected chi connectivity index (χ2v) is 7.90. The SMILES string of the molecule is CCC1CN(C(=NC)NCCC2CCN(CC)CC2)CCS1. The molecule has 1 N–H and O–H groups in total. The molecule has 1 unspecified atom stereocenters. The molecule has 2 aliphatic heterocycles. The van der Waals surface area contributed by atoms with Gasteiger partial charge >= 0.3 is 0 Å². The molecule has 0 radical (unpaired) electrons. The first-order valence-corrected chi connectivity index (χ1v) is 10.1. The molecule has 2 aliphatic rings. The Labute approximate surface area is 141 Å². The molecule has 0 saturated carbocycles. The van der Waals surface area contributed by atoms with Crippen molar-refractivity contribution in [3.63, 3.8) is 0 Å². The second kappa shape index (κ2) is 9.66. The summed E-state index contributed by atoms with van der Waals surface area (Å²) in [6.07, 6.45) is 5.28. The topological polar surface area (TPSA) is 30.9 Å². The first kappa shape index (κ1) is 17.9. The van der Waals surface area contributed by atoms with Crippen LogP contribution in [0.15, 0.2) is 4.99 Å². The standard InChI is InChI=1S/C17H34N4S/c1-4-16-14-21(12-13-22-16)17(18-3)19-9-6-15-7-10-20(5-2)11-8-15/h15-16H,4-14H2,1-3H3,(H,18,19). The molecule has 0 aromatic carbocycles. The van der Waals surface area contributed by atoms with E-state index in [0.29, 0.717) is 0 Å². The molecule has 2 heterocycles. The Balaban J connectivity index is 1.68. The Hall–Kier alpha value is -0.420. The lowest BCUT2D eigenvalue weighted by Crippen LogP contribution is -2.48. The molecule has 0 aliphatic carbocycles. The van der Waals surface area contributed by atoms with Crippen LogP contribution in [-0.4, -0.2) is 73.1 Å². The summed E-state index contributed by atoms with van der Waals surface area (Å²) < 4.78 is 0. The number of nitrogens with one attached hydrogen (secondary N) is 1. The molecule has 0 aromatic heterocycles. The van der Waals surface area contributed by atoms with Crippen molar-refractivity contribution in [2.75, 3.05) is 52.1 Å². The zero-order valence-corrected chi connectivity index (χ0v) is 15.5. The highest BCUT2D eigenvalue weighted by Crippen LogP contribution is 2.22. The molecular formula is C17H34N4S. The van der Waals surface area contributed by atoms with E-state index >= 15 is 0 Å². The van der Waals surface area contributed by atoms with E-state index in [-0.39, 0.29) is 0 Å². The van der Waals surface area contributed by atoms with Gasteiger partial charge in [-0.2, -0.15) is 11.8 Å². The highest BCUT2D eigenvalue weighted by atomic mass is 32.2. The second-order valence-electron chi connectivity index (χ2n) is 6.49. The Morgan fingerprint density at radius 2 is 2.00 bits per heavy atom. The van der Waals surface area contributed by atoms with Gasteiger partial charge in [-0.3, -0.25) is 4.99 Å². The molecule has 5 heteroatoms. The van der Waals surface area contributed by atoms with Crippen molar-refractivity contribution in [2.24, 2.45) is 10.9 Å². The van der Waals surface area contributed by atoms with Gasteiger partial charge in [0.25, 0.3) is 0 Å². The minimum Gasteiger partial charge on any atom is -0.356 e. The van der Waals surface area contributed by atoms with Gasteiger partial charge in [0.1, 0.15) is 0 Å². The molecule has 2 fully saturated rings. The molecule has 0 amide bonds. The van der Waals surface area contributed by atoms with E-state index in [1.807, 2.05) is 7.05 Å². The lowest BCUT2D eigenvalue weighted by Gasteiger charge is -2.35. The highest BCUT2D eigenvalue weighted by Gasteiger charge is 2.22. The first-order chi connectivity index (χ1) is 10.8. The third-order valence-electron chi connectivity index (χ3n) is 5.10. The number of likely N-dealkylation sites (tertiary alicyclic amines) is 1. The first-order valence-electron chi connectivity index (χ1n) is 9.06. The molecule has 2 saturated heterocycles. The molecule has 0 aromatic rings. The van der Waals surface area contributed by atoms with Gasteiger partial charge in [0.05, 0.1) is 0 Å². The Morgan fingerprint density at radius 3 is 2.64 bits per heavy atom. The van der Waals surface area contributed by atoms with Gasteiger partial charge in [0.2, 0.25) is 0 Å². The number of nitrogens with zero attached hydrogens (tertiary/aromatic N) is 3. The van der Waals surface area contributed by atoms with E-state index in [0.717, 1.165) is 36.8 Å². The quantitative estimate of drug-likeness (QED) is 0.621. The van der Waals surface area contributed by atoms with Gasteiger partial charge in [-0.05, 0) is 51.2 Å². The molecule has 4 nitrogen and oxygen atoms in total. The van der Waals surface area contributed by atoms with Crippen LogP contribution >= 0.6 is 11.8 Å². The Morgan fingerprint density at radius 1 is 1.23 bits per heavy atom. The molecule has 0 spiro atoms. The molecule has 2 rings (SSSR count). The van der Waals surface area contributed by atoms with E-state index in [4.69, 9.17) is 0 Å². The summed E-state index contributed by atoms with van der Waals surface area (Å²) in [5, 5.41) is 4.38. The van der Waals surface area contributed by atoms with Gasteiger partial charge in [0.15, 0.2) is 5.96 Å². The van der Waals surface area contributed by atoms with Crippen LogP contribution in [0, 0.1) is 5.92 Å². The van der Waals surface area contributed by atoms with Gasteiger partial charge in [-0.15, -0.1) is 0 Å². The molecule has 128 valence electrons. The van der Waals surface area contributed by atoms with Crippen LogP contribution in [0.5, 0.6) is 0 Å². The van der Waals surface area contributed by atoms with Crippen LogP contribution in [0.2, 0.25) is 0 Å². The van der Waals surface area contributed by atoms with Gasteiger partial charge < -0.3 is 15.1 Å². The average Bonchev–Trinajstić information content (AvgIpc) is 2.59. The van der Waals surface area contributed by atoms with Crippen LogP contribution in [0.1, 0.15) is 39.5 Å². The fourth-order valence-corrected chi connectivity index (χ4v) is 4.65. The van der Waals surface area contributed by atoms with Crippen molar-refractivity contribution in [1.82, 2.24) is 15.1 Å². The maximum atomic E-state index is 4.50. The number of hydrogen-bond donors (Lipinski definition) is 1. The summed E-state index contributed by atoms with van der Waals surface area (Å²) in [5.74, 6) is 3.24. The summed E-state index contributed by atoms with van der Waals surface area (Å²) in [7, 11) is 1.92. The zero-order valence-electron chi connectivity index (χ0n) is 14.7.